The van der Waals surface area contributed by atoms with E-state index in [0.29, 0.717) is 10.7 Å². The summed E-state index contributed by atoms with van der Waals surface area (Å²) in [6, 6.07) is 0. The number of nitrogens with zero attached hydrogens (tertiary/aromatic N) is 2. The van der Waals surface area contributed by atoms with Gasteiger partial charge < -0.3 is 0 Å². The SMILES string of the molecule is CC(C)c1c(S(=O)(=O)Cl)nn(C)c1Cl. The van der Waals surface area contributed by atoms with Crippen LogP contribution in [0, 0.1) is 0 Å². The average Bonchev–Trinajstić information content (AvgIpc) is 2.27. The standard InChI is InChI=1S/C7H10Cl2N2O2S/c1-4(2)5-6(8)11(3)10-7(5)14(9,12)13/h4H,1-3H3. The Bertz CT molecular complexity index is 451. The van der Waals surface area contributed by atoms with Gasteiger partial charge in [-0.05, 0) is 5.92 Å². The van der Waals surface area contributed by atoms with Crippen LogP contribution in [0.2, 0.25) is 5.15 Å². The predicted octanol–water partition coefficient (Wildman–Crippen LogP) is 2.12. The van der Waals surface area contributed by atoms with Gasteiger partial charge in [0.2, 0.25) is 0 Å². The molecule has 1 heterocycles. The van der Waals surface area contributed by atoms with Crippen molar-refractivity contribution in [3.8, 4) is 0 Å². The Labute approximate surface area is 92.2 Å². The van der Waals surface area contributed by atoms with Gasteiger partial charge in [0, 0.05) is 23.3 Å². The molecule has 0 bridgehead atoms. The molecule has 1 rings (SSSR count). The van der Waals surface area contributed by atoms with Gasteiger partial charge in [-0.1, -0.05) is 25.4 Å². The molecule has 0 N–H and O–H groups in total. The molecule has 7 heteroatoms. The van der Waals surface area contributed by atoms with E-state index in [1.54, 1.807) is 7.05 Å². The summed E-state index contributed by atoms with van der Waals surface area (Å²) in [7, 11) is 2.98. The van der Waals surface area contributed by atoms with Crippen LogP contribution in [-0.4, -0.2) is 18.2 Å². The molecule has 0 atom stereocenters. The normalized spacial score (nSPS) is 12.4. The van der Waals surface area contributed by atoms with E-state index in [0.717, 1.165) is 0 Å². The zero-order valence-electron chi connectivity index (χ0n) is 7.95. The number of aryl methyl sites for hydroxylation is 1. The summed E-state index contributed by atoms with van der Waals surface area (Å²) < 4.78 is 23.6. The Balaban J connectivity index is 3.53. The number of hydrogen-bond acceptors (Lipinski definition) is 3. The molecule has 4 nitrogen and oxygen atoms in total. The summed E-state index contributed by atoms with van der Waals surface area (Å²) in [5, 5.41) is 3.92. The molecule has 0 radical (unpaired) electrons. The molecule has 14 heavy (non-hydrogen) atoms. The maximum absolute atomic E-state index is 11.2. The van der Waals surface area contributed by atoms with Crippen molar-refractivity contribution >= 4 is 31.3 Å². The third-order valence-electron chi connectivity index (χ3n) is 1.79. The Morgan fingerprint density at radius 1 is 1.43 bits per heavy atom. The van der Waals surface area contributed by atoms with Gasteiger partial charge >= 0.3 is 0 Å². The molecule has 0 saturated carbocycles. The largest absolute Gasteiger partial charge is 0.280 e. The predicted molar refractivity (Wildman–Crippen MR) is 55.3 cm³/mol. The van der Waals surface area contributed by atoms with Crippen LogP contribution in [0.25, 0.3) is 0 Å². The fourth-order valence-corrected chi connectivity index (χ4v) is 2.72. The number of hydrogen-bond donors (Lipinski definition) is 0. The van der Waals surface area contributed by atoms with Gasteiger partial charge in [0.05, 0.1) is 0 Å². The first-order valence-electron chi connectivity index (χ1n) is 3.92. The molecule has 0 fully saturated rings. The van der Waals surface area contributed by atoms with Gasteiger partial charge in [0.15, 0.2) is 5.03 Å². The molecule has 0 aliphatic carbocycles. The van der Waals surface area contributed by atoms with Crippen LogP contribution in [0.15, 0.2) is 5.03 Å². The molecule has 0 amide bonds. The van der Waals surface area contributed by atoms with Crippen molar-refractivity contribution in [3.05, 3.63) is 10.7 Å². The van der Waals surface area contributed by atoms with E-state index in [1.807, 2.05) is 13.8 Å². The molecule has 0 unspecified atom stereocenters. The molecule has 0 aromatic carbocycles. The van der Waals surface area contributed by atoms with Gasteiger partial charge in [-0.3, -0.25) is 4.68 Å². The number of halogens is 2. The Morgan fingerprint density at radius 3 is 2.21 bits per heavy atom. The second-order valence-electron chi connectivity index (χ2n) is 3.23. The summed E-state index contributed by atoms with van der Waals surface area (Å²) in [5.41, 5.74) is 0.462. The van der Waals surface area contributed by atoms with Crippen LogP contribution in [0.5, 0.6) is 0 Å². The van der Waals surface area contributed by atoms with Gasteiger partial charge in [-0.25, -0.2) is 8.42 Å². The van der Waals surface area contributed by atoms with Crippen molar-refractivity contribution in [2.24, 2.45) is 7.05 Å². The summed E-state index contributed by atoms with van der Waals surface area (Å²) in [4.78, 5) is 0. The molecule has 1 aromatic heterocycles. The Hall–Kier alpha value is -0.260. The molecule has 0 aliphatic rings. The average molecular weight is 257 g/mol. The fourth-order valence-electron chi connectivity index (χ4n) is 1.16. The van der Waals surface area contributed by atoms with Crippen LogP contribution >= 0.6 is 22.3 Å². The van der Waals surface area contributed by atoms with E-state index in [9.17, 15) is 8.42 Å². The maximum Gasteiger partial charge on any atom is 0.280 e. The highest BCUT2D eigenvalue weighted by Gasteiger charge is 2.25. The van der Waals surface area contributed by atoms with Crippen LogP contribution < -0.4 is 0 Å². The highest BCUT2D eigenvalue weighted by Crippen LogP contribution is 2.31. The van der Waals surface area contributed by atoms with E-state index < -0.39 is 9.05 Å². The second-order valence-corrected chi connectivity index (χ2v) is 6.07. The minimum Gasteiger partial charge on any atom is -0.255 e. The first-order chi connectivity index (χ1) is 6.25. The summed E-state index contributed by atoms with van der Waals surface area (Å²) in [6.45, 7) is 3.66. The first kappa shape index (κ1) is 11.8. The lowest BCUT2D eigenvalue weighted by Crippen LogP contribution is -1.98. The fraction of sp³-hybridized carbons (Fsp3) is 0.571. The second kappa shape index (κ2) is 3.72. The monoisotopic (exact) mass is 256 g/mol. The van der Waals surface area contributed by atoms with E-state index in [-0.39, 0.29) is 10.9 Å². The quantitative estimate of drug-likeness (QED) is 0.762. The molecule has 80 valence electrons. The lowest BCUT2D eigenvalue weighted by Gasteiger charge is -2.03. The minimum absolute atomic E-state index is 0.0419. The van der Waals surface area contributed by atoms with Gasteiger partial charge in [-0.2, -0.15) is 5.10 Å². The molecule has 1 aromatic rings. The van der Waals surface area contributed by atoms with Crippen molar-refractivity contribution in [2.75, 3.05) is 0 Å². The third kappa shape index (κ3) is 2.04. The van der Waals surface area contributed by atoms with Gasteiger partial charge in [0.25, 0.3) is 9.05 Å². The summed E-state index contributed by atoms with van der Waals surface area (Å²) in [5.74, 6) is -0.0419. The van der Waals surface area contributed by atoms with Crippen molar-refractivity contribution in [3.63, 3.8) is 0 Å². The van der Waals surface area contributed by atoms with Crippen LogP contribution in [0.1, 0.15) is 25.3 Å². The van der Waals surface area contributed by atoms with Crippen molar-refractivity contribution in [1.82, 2.24) is 9.78 Å². The Morgan fingerprint density at radius 2 is 1.93 bits per heavy atom. The smallest absolute Gasteiger partial charge is 0.255 e. The highest BCUT2D eigenvalue weighted by molar-refractivity contribution is 8.13. The zero-order valence-corrected chi connectivity index (χ0v) is 10.3. The van der Waals surface area contributed by atoms with E-state index in [1.165, 1.54) is 4.68 Å². The van der Waals surface area contributed by atoms with E-state index in [2.05, 4.69) is 5.10 Å². The topological polar surface area (TPSA) is 52.0 Å². The van der Waals surface area contributed by atoms with Crippen molar-refractivity contribution in [2.45, 2.75) is 24.8 Å². The van der Waals surface area contributed by atoms with Gasteiger partial charge in [0.1, 0.15) is 5.15 Å². The van der Waals surface area contributed by atoms with E-state index >= 15 is 0 Å². The van der Waals surface area contributed by atoms with Crippen LogP contribution in [-0.2, 0) is 16.1 Å². The van der Waals surface area contributed by atoms with Crippen LogP contribution in [0.4, 0.5) is 0 Å². The first-order valence-corrected chi connectivity index (χ1v) is 6.61. The molecule has 0 saturated heterocycles. The highest BCUT2D eigenvalue weighted by atomic mass is 35.7. The molecule has 0 aliphatic heterocycles. The van der Waals surface area contributed by atoms with Crippen molar-refractivity contribution < 1.29 is 8.42 Å². The minimum atomic E-state index is -3.82. The lowest BCUT2D eigenvalue weighted by atomic mass is 10.1. The molecular formula is C7H10Cl2N2O2S. The number of rotatable bonds is 2. The van der Waals surface area contributed by atoms with Crippen molar-refractivity contribution in [1.29, 1.82) is 0 Å². The molecule has 0 spiro atoms. The summed E-state index contributed by atoms with van der Waals surface area (Å²) >= 11 is 5.89. The van der Waals surface area contributed by atoms with E-state index in [4.69, 9.17) is 22.3 Å². The summed E-state index contributed by atoms with van der Waals surface area (Å²) in [6.07, 6.45) is 0. The Kier molecular flexibility index (Phi) is 3.13. The van der Waals surface area contributed by atoms with Crippen LogP contribution in [0.3, 0.4) is 0 Å². The zero-order chi connectivity index (χ0) is 11.1. The lowest BCUT2D eigenvalue weighted by molar-refractivity contribution is 0.599. The molecular weight excluding hydrogens is 247 g/mol. The third-order valence-corrected chi connectivity index (χ3v) is 3.44. The van der Waals surface area contributed by atoms with Gasteiger partial charge in [-0.15, -0.1) is 0 Å². The maximum atomic E-state index is 11.2. The number of aromatic nitrogens is 2.